The number of hydrogen-bond donors (Lipinski definition) is 3. The van der Waals surface area contributed by atoms with Crippen molar-refractivity contribution in [1.82, 2.24) is 59.1 Å². The minimum Gasteiger partial charge on any atom is -0.382 e. The van der Waals surface area contributed by atoms with E-state index in [-0.39, 0.29) is 30.7 Å². The second kappa shape index (κ2) is 20.2. The number of halogens is 2. The first-order chi connectivity index (χ1) is 32.2. The van der Waals surface area contributed by atoms with Crippen molar-refractivity contribution < 1.29 is 21.8 Å². The first kappa shape index (κ1) is 47.2. The second-order valence-electron chi connectivity index (χ2n) is 14.8. The highest BCUT2D eigenvalue weighted by molar-refractivity contribution is 7.85. The lowest BCUT2D eigenvalue weighted by atomic mass is 9.98. The number of rotatable bonds is 4. The summed E-state index contributed by atoms with van der Waals surface area (Å²) in [5.74, 6) is -0.109. The topological polar surface area (TPSA) is 244 Å². The lowest BCUT2D eigenvalue weighted by molar-refractivity contribution is 0.490. The Morgan fingerprint density at radius 2 is 0.824 bits per heavy atom. The third-order valence-corrected chi connectivity index (χ3v) is 9.87. The number of nitrogens with zero attached hydrogens (tertiary/aromatic N) is 12. The molecule has 8 aromatic heterocycles. The van der Waals surface area contributed by atoms with Crippen LogP contribution < -0.4 is 11.5 Å². The number of aromatic nitrogens is 12. The van der Waals surface area contributed by atoms with Gasteiger partial charge in [0.25, 0.3) is 10.1 Å². The monoisotopic (exact) mass is 932 g/mol. The van der Waals surface area contributed by atoms with Crippen LogP contribution in [0.1, 0.15) is 18.6 Å². The molecule has 8 heterocycles. The number of pyridine rings is 4. The quantitative estimate of drug-likeness (QED) is 0.140. The number of nitrogen functional groups attached to an aromatic ring is 2. The van der Waals surface area contributed by atoms with Crippen LogP contribution >= 0.6 is 0 Å². The van der Waals surface area contributed by atoms with Crippen LogP contribution in [0.3, 0.4) is 0 Å². The molecule has 17 nitrogen and oxygen atoms in total. The molecule has 0 aliphatic rings. The van der Waals surface area contributed by atoms with Crippen LogP contribution in [0.2, 0.25) is 0 Å². The molecule has 3 aromatic carbocycles. The molecule has 0 aliphatic carbocycles. The summed E-state index contributed by atoms with van der Waals surface area (Å²) in [6.07, 6.45) is 13.7. The Bertz CT molecular complexity index is 3420. The zero-order valence-electron chi connectivity index (χ0n) is 35.8. The van der Waals surface area contributed by atoms with E-state index in [1.54, 1.807) is 58.1 Å². The molecule has 0 aliphatic heterocycles. The Kier molecular flexibility index (Phi) is 14.0. The maximum absolute atomic E-state index is 13.4. The summed E-state index contributed by atoms with van der Waals surface area (Å²) in [5, 5.41) is 8.38. The van der Waals surface area contributed by atoms with Gasteiger partial charge in [-0.3, -0.25) is 14.5 Å². The van der Waals surface area contributed by atoms with Crippen LogP contribution in [-0.4, -0.2) is 78.3 Å². The average Bonchev–Trinajstić information content (AvgIpc) is 4.00. The number of aryl methyl sites for hydroxylation is 2. The van der Waals surface area contributed by atoms with Crippen molar-refractivity contribution >= 4 is 55.1 Å². The fourth-order valence-electron chi connectivity index (χ4n) is 6.85. The van der Waals surface area contributed by atoms with E-state index in [1.807, 2.05) is 36.7 Å². The summed E-state index contributed by atoms with van der Waals surface area (Å²) in [7, 11) is -3.67. The van der Waals surface area contributed by atoms with E-state index in [9.17, 15) is 17.2 Å². The van der Waals surface area contributed by atoms with Crippen LogP contribution in [0.15, 0.2) is 147 Å². The molecule has 11 rings (SSSR count). The summed E-state index contributed by atoms with van der Waals surface area (Å²) in [4.78, 5) is 35.1. The maximum Gasteiger partial charge on any atom is 0.261 e. The molecule has 0 saturated heterocycles. The van der Waals surface area contributed by atoms with Gasteiger partial charge in [0.15, 0.2) is 22.9 Å². The summed E-state index contributed by atoms with van der Waals surface area (Å²) in [5.41, 5.74) is 24.4. The number of hydrogen-bond acceptors (Lipinski definition) is 14. The highest BCUT2D eigenvalue weighted by atomic mass is 32.2. The summed E-state index contributed by atoms with van der Waals surface area (Å²) >= 11 is 0. The molecule has 5 N–H and O–H groups in total. The zero-order chi connectivity index (χ0) is 47.2. The third-order valence-electron chi connectivity index (χ3n) is 9.87. The van der Waals surface area contributed by atoms with Gasteiger partial charge in [0.1, 0.15) is 46.4 Å². The van der Waals surface area contributed by atoms with E-state index >= 15 is 0 Å². The fraction of sp³-hybridized carbons (Fsp3) is 0.0833. The van der Waals surface area contributed by atoms with Gasteiger partial charge in [-0.05, 0) is 86.6 Å². The number of anilines is 2. The maximum atomic E-state index is 13.4. The van der Waals surface area contributed by atoms with Gasteiger partial charge in [-0.15, -0.1) is 0 Å². The van der Waals surface area contributed by atoms with E-state index in [0.717, 1.165) is 44.7 Å². The average molecular weight is 933 g/mol. The molecule has 0 atom stereocenters. The number of benzene rings is 3. The number of fused-ring (bicyclic) bond motifs is 4. The Morgan fingerprint density at radius 3 is 1.18 bits per heavy atom. The SMILES string of the molecule is C.CS(=O)(=O)O.Cc1ccc(C)cc1.Nc1nc(-c2ccc(F)cc2)c(-c2ccc3ncnn3c2)c2nccnc12.Nc1nc(-c2ccc(F)cc2)c(-c2ccc3ncnn3c2)c2nccnc12. The van der Waals surface area contributed by atoms with Crippen LogP contribution in [0.4, 0.5) is 20.4 Å². The Balaban J connectivity index is 0.000000158. The van der Waals surface area contributed by atoms with Gasteiger partial charge in [-0.2, -0.15) is 18.6 Å². The molecule has 68 heavy (non-hydrogen) atoms. The highest BCUT2D eigenvalue weighted by Gasteiger charge is 2.20. The normalized spacial score (nSPS) is 10.9. The van der Waals surface area contributed by atoms with Crippen LogP contribution in [-0.2, 0) is 10.1 Å². The van der Waals surface area contributed by atoms with E-state index in [0.29, 0.717) is 39.7 Å². The molecule has 0 radical (unpaired) electrons. The minimum atomic E-state index is -3.67. The molecule has 20 heteroatoms. The molecule has 0 amide bonds. The molecule has 342 valence electrons. The molecular weight excluding hydrogens is 891 g/mol. The lowest BCUT2D eigenvalue weighted by Gasteiger charge is -2.13. The molecule has 0 spiro atoms. The molecule has 0 saturated carbocycles. The van der Waals surface area contributed by atoms with Crippen molar-refractivity contribution in [3.05, 3.63) is 170 Å². The van der Waals surface area contributed by atoms with Crippen LogP contribution in [0, 0.1) is 25.5 Å². The van der Waals surface area contributed by atoms with Crippen molar-refractivity contribution in [3.63, 3.8) is 0 Å². The molecule has 0 bridgehead atoms. The van der Waals surface area contributed by atoms with Crippen LogP contribution in [0.25, 0.3) is 78.1 Å². The third kappa shape index (κ3) is 10.8. The van der Waals surface area contributed by atoms with Crippen molar-refractivity contribution in [3.8, 4) is 44.8 Å². The fourth-order valence-corrected chi connectivity index (χ4v) is 6.85. The number of nitrogens with two attached hydrogens (primary N) is 2. The zero-order valence-corrected chi connectivity index (χ0v) is 36.6. The van der Waals surface area contributed by atoms with Crippen molar-refractivity contribution in [2.45, 2.75) is 21.3 Å². The van der Waals surface area contributed by atoms with Crippen molar-refractivity contribution in [1.29, 1.82) is 0 Å². The summed E-state index contributed by atoms with van der Waals surface area (Å²) in [6.45, 7) is 4.19. The van der Waals surface area contributed by atoms with Gasteiger partial charge < -0.3 is 11.5 Å². The molecular formula is C48H42F2N14O3S. The predicted octanol–water partition coefficient (Wildman–Crippen LogP) is 8.69. The van der Waals surface area contributed by atoms with E-state index in [4.69, 9.17) is 16.0 Å². The van der Waals surface area contributed by atoms with Gasteiger partial charge in [-0.1, -0.05) is 42.8 Å². The van der Waals surface area contributed by atoms with E-state index < -0.39 is 10.1 Å². The Hall–Kier alpha value is -8.75. The Labute approximate surface area is 388 Å². The van der Waals surface area contributed by atoms with Gasteiger partial charge >= 0.3 is 0 Å². The lowest BCUT2D eigenvalue weighted by Crippen LogP contribution is -2.01. The van der Waals surface area contributed by atoms with Gasteiger partial charge in [-0.25, -0.2) is 47.7 Å². The smallest absolute Gasteiger partial charge is 0.261 e. The van der Waals surface area contributed by atoms with Gasteiger partial charge in [0.2, 0.25) is 0 Å². The molecule has 11 aromatic rings. The minimum absolute atomic E-state index is 0. The van der Waals surface area contributed by atoms with Crippen molar-refractivity contribution in [2.24, 2.45) is 0 Å². The highest BCUT2D eigenvalue weighted by Crippen LogP contribution is 2.38. The van der Waals surface area contributed by atoms with Gasteiger partial charge in [0, 0.05) is 70.6 Å². The summed E-state index contributed by atoms with van der Waals surface area (Å²) in [6, 6.07) is 28.2. The van der Waals surface area contributed by atoms with E-state index in [2.05, 4.69) is 88.2 Å². The first-order valence-corrected chi connectivity index (χ1v) is 21.9. The largest absolute Gasteiger partial charge is 0.382 e. The first-order valence-electron chi connectivity index (χ1n) is 20.1. The second-order valence-corrected chi connectivity index (χ2v) is 16.3. The van der Waals surface area contributed by atoms with Crippen molar-refractivity contribution in [2.75, 3.05) is 17.7 Å². The molecule has 0 unspecified atom stereocenters. The predicted molar refractivity (Wildman–Crippen MR) is 258 cm³/mol. The Morgan fingerprint density at radius 1 is 0.500 bits per heavy atom. The summed E-state index contributed by atoms with van der Waals surface area (Å²) < 4.78 is 56.0. The van der Waals surface area contributed by atoms with E-state index in [1.165, 1.54) is 48.0 Å². The standard InChI is InChI=1S/2C19H12FN7.C8H10.CH4O3S.CH4/c2*20-13-4-1-11(2-5-13)16-15(12-3-6-14-24-10-25-27(14)9-12)17-18(19(21)26-16)23-8-7-22-17;1-7-3-5-8(2)6-4-7;1-5(2,3)4;/h2*1-10H,(H2,21,26);3-6H,1-2H3;1H3,(H,2,3,4);1H4. The van der Waals surface area contributed by atoms with Crippen LogP contribution in [0.5, 0.6) is 0 Å². The van der Waals surface area contributed by atoms with Gasteiger partial charge in [0.05, 0.1) is 17.6 Å². The molecule has 0 fully saturated rings.